The van der Waals surface area contributed by atoms with Crippen LogP contribution in [0.4, 0.5) is 8.78 Å². The van der Waals surface area contributed by atoms with E-state index in [1.54, 1.807) is 0 Å². The molecule has 0 spiro atoms. The van der Waals surface area contributed by atoms with Crippen LogP contribution < -0.4 is 4.74 Å². The standard InChI is InChI=1S/C9H6F2O4/c10-6-1-5(3-12)2-7(11)9(6)15-4-8(13)14/h1-3H,4H2,(H,13,14). The first-order valence-electron chi connectivity index (χ1n) is 3.83. The monoisotopic (exact) mass is 216 g/mol. The molecule has 0 aliphatic carbocycles. The van der Waals surface area contributed by atoms with Crippen LogP contribution in [-0.4, -0.2) is 24.0 Å². The highest BCUT2D eigenvalue weighted by atomic mass is 19.1. The maximum absolute atomic E-state index is 13.0. The van der Waals surface area contributed by atoms with E-state index in [9.17, 15) is 18.4 Å². The van der Waals surface area contributed by atoms with Gasteiger partial charge in [-0.3, -0.25) is 4.79 Å². The third kappa shape index (κ3) is 2.73. The number of aliphatic carboxylic acids is 1. The Morgan fingerprint density at radius 1 is 1.40 bits per heavy atom. The van der Waals surface area contributed by atoms with E-state index >= 15 is 0 Å². The van der Waals surface area contributed by atoms with Crippen LogP contribution in [0.2, 0.25) is 0 Å². The highest BCUT2D eigenvalue weighted by Gasteiger charge is 2.13. The topological polar surface area (TPSA) is 63.6 Å². The van der Waals surface area contributed by atoms with Crippen LogP contribution in [0.25, 0.3) is 0 Å². The second-order valence-electron chi connectivity index (χ2n) is 2.61. The van der Waals surface area contributed by atoms with E-state index in [0.717, 1.165) is 12.1 Å². The third-order valence-electron chi connectivity index (χ3n) is 1.50. The Morgan fingerprint density at radius 2 is 1.93 bits per heavy atom. The summed E-state index contributed by atoms with van der Waals surface area (Å²) in [7, 11) is 0. The average Bonchev–Trinajstić information content (AvgIpc) is 2.15. The minimum atomic E-state index is -1.35. The number of carboxylic acids is 1. The zero-order chi connectivity index (χ0) is 11.4. The van der Waals surface area contributed by atoms with E-state index in [-0.39, 0.29) is 11.8 Å². The van der Waals surface area contributed by atoms with Gasteiger partial charge < -0.3 is 9.84 Å². The van der Waals surface area contributed by atoms with Crippen molar-refractivity contribution in [3.8, 4) is 5.75 Å². The summed E-state index contributed by atoms with van der Waals surface area (Å²) >= 11 is 0. The molecule has 0 atom stereocenters. The van der Waals surface area contributed by atoms with E-state index in [4.69, 9.17) is 5.11 Å². The molecule has 0 aromatic heterocycles. The number of rotatable bonds is 4. The fourth-order valence-electron chi connectivity index (χ4n) is 0.919. The van der Waals surface area contributed by atoms with Gasteiger partial charge in [-0.25, -0.2) is 13.6 Å². The van der Waals surface area contributed by atoms with Gasteiger partial charge in [0.05, 0.1) is 0 Å². The normalized spacial score (nSPS) is 9.73. The molecule has 1 N–H and O–H groups in total. The van der Waals surface area contributed by atoms with Crippen LogP contribution in [0.5, 0.6) is 5.75 Å². The first kappa shape index (κ1) is 11.1. The smallest absolute Gasteiger partial charge is 0.341 e. The largest absolute Gasteiger partial charge is 0.479 e. The summed E-state index contributed by atoms with van der Waals surface area (Å²) in [5.74, 6) is -4.38. The molecule has 4 nitrogen and oxygen atoms in total. The highest BCUT2D eigenvalue weighted by Crippen LogP contribution is 2.22. The van der Waals surface area contributed by atoms with Crippen molar-refractivity contribution >= 4 is 12.3 Å². The van der Waals surface area contributed by atoms with Crippen LogP contribution >= 0.6 is 0 Å². The molecule has 1 rings (SSSR count). The van der Waals surface area contributed by atoms with Gasteiger partial charge in [0.1, 0.15) is 6.29 Å². The zero-order valence-electron chi connectivity index (χ0n) is 7.37. The highest BCUT2D eigenvalue weighted by molar-refractivity contribution is 5.75. The van der Waals surface area contributed by atoms with Crippen molar-refractivity contribution in [3.63, 3.8) is 0 Å². The number of carboxylic acid groups (broad SMARTS) is 1. The summed E-state index contributed by atoms with van der Waals surface area (Å²) in [4.78, 5) is 20.3. The Bertz CT molecular complexity index is 380. The third-order valence-corrected chi connectivity index (χ3v) is 1.50. The van der Waals surface area contributed by atoms with Gasteiger partial charge in [0.15, 0.2) is 24.0 Å². The lowest BCUT2D eigenvalue weighted by Gasteiger charge is -2.05. The molecule has 15 heavy (non-hydrogen) atoms. The van der Waals surface area contributed by atoms with Crippen LogP contribution in [0.1, 0.15) is 10.4 Å². The number of halogens is 2. The van der Waals surface area contributed by atoms with Gasteiger partial charge >= 0.3 is 5.97 Å². The minimum absolute atomic E-state index is 0.187. The summed E-state index contributed by atoms with van der Waals surface area (Å²) in [6.07, 6.45) is 0.271. The summed E-state index contributed by atoms with van der Waals surface area (Å²) in [5.41, 5.74) is -0.187. The van der Waals surface area contributed by atoms with Gasteiger partial charge in [0, 0.05) is 5.56 Å². The predicted octanol–water partition coefficient (Wildman–Crippen LogP) is 1.24. The Hall–Kier alpha value is -1.98. The SMILES string of the molecule is O=Cc1cc(F)c(OCC(=O)O)c(F)c1. The Kier molecular flexibility index (Phi) is 3.33. The first-order chi connectivity index (χ1) is 7.04. The Balaban J connectivity index is 2.97. The lowest BCUT2D eigenvalue weighted by molar-refractivity contribution is -0.139. The molecule has 0 heterocycles. The number of hydrogen-bond donors (Lipinski definition) is 1. The molecule has 0 saturated carbocycles. The van der Waals surface area contributed by atoms with E-state index in [1.165, 1.54) is 0 Å². The van der Waals surface area contributed by atoms with Crippen LogP contribution in [0.3, 0.4) is 0 Å². The van der Waals surface area contributed by atoms with E-state index in [1.807, 2.05) is 0 Å². The number of hydrogen-bond acceptors (Lipinski definition) is 3. The number of benzene rings is 1. The van der Waals surface area contributed by atoms with Crippen molar-refractivity contribution in [2.24, 2.45) is 0 Å². The van der Waals surface area contributed by atoms with Gasteiger partial charge in [-0.05, 0) is 12.1 Å². The van der Waals surface area contributed by atoms with E-state index in [0.29, 0.717) is 0 Å². The molecule has 0 saturated heterocycles. The molecule has 0 fully saturated rings. The van der Waals surface area contributed by atoms with Crippen molar-refractivity contribution in [1.82, 2.24) is 0 Å². The van der Waals surface area contributed by atoms with Gasteiger partial charge in [-0.1, -0.05) is 0 Å². The Labute approximate surface area is 83.1 Å². The maximum Gasteiger partial charge on any atom is 0.341 e. The fraction of sp³-hybridized carbons (Fsp3) is 0.111. The van der Waals surface area contributed by atoms with Gasteiger partial charge in [-0.15, -0.1) is 0 Å². The summed E-state index contributed by atoms with van der Waals surface area (Å²) < 4.78 is 30.4. The molecule has 0 aliphatic rings. The van der Waals surface area contributed by atoms with E-state index in [2.05, 4.69) is 4.74 Å². The second kappa shape index (κ2) is 4.50. The van der Waals surface area contributed by atoms with Gasteiger partial charge in [0.25, 0.3) is 0 Å². The number of ether oxygens (including phenoxy) is 1. The lowest BCUT2D eigenvalue weighted by atomic mass is 10.2. The quantitative estimate of drug-likeness (QED) is 0.769. The molecule has 0 aliphatic heterocycles. The van der Waals surface area contributed by atoms with Crippen LogP contribution in [0.15, 0.2) is 12.1 Å². The first-order valence-corrected chi connectivity index (χ1v) is 3.83. The average molecular weight is 216 g/mol. The molecular formula is C9H6F2O4. The molecule has 0 amide bonds. The predicted molar refractivity (Wildman–Crippen MR) is 44.9 cm³/mol. The molecule has 80 valence electrons. The number of carbonyl (C=O) groups excluding carboxylic acids is 1. The van der Waals surface area contributed by atoms with Crippen LogP contribution in [-0.2, 0) is 4.79 Å². The molecule has 0 unspecified atom stereocenters. The van der Waals surface area contributed by atoms with Crippen molar-refractivity contribution in [3.05, 3.63) is 29.3 Å². The minimum Gasteiger partial charge on any atom is -0.479 e. The second-order valence-corrected chi connectivity index (χ2v) is 2.61. The Morgan fingerprint density at radius 3 is 2.33 bits per heavy atom. The molecule has 0 radical (unpaired) electrons. The van der Waals surface area contributed by atoms with Gasteiger partial charge in [0.2, 0.25) is 0 Å². The molecule has 1 aromatic rings. The molecular weight excluding hydrogens is 210 g/mol. The van der Waals surface area contributed by atoms with Crippen molar-refractivity contribution in [2.45, 2.75) is 0 Å². The van der Waals surface area contributed by atoms with Crippen molar-refractivity contribution in [2.75, 3.05) is 6.61 Å². The fourth-order valence-corrected chi connectivity index (χ4v) is 0.919. The van der Waals surface area contributed by atoms with Crippen LogP contribution in [0, 0.1) is 11.6 Å². The summed E-state index contributed by atoms with van der Waals surface area (Å²) in [6, 6.07) is 1.51. The van der Waals surface area contributed by atoms with E-state index < -0.39 is 30.0 Å². The number of aldehydes is 1. The zero-order valence-corrected chi connectivity index (χ0v) is 7.37. The maximum atomic E-state index is 13.0. The van der Waals surface area contributed by atoms with Gasteiger partial charge in [-0.2, -0.15) is 0 Å². The summed E-state index contributed by atoms with van der Waals surface area (Å²) in [6.45, 7) is -0.853. The molecule has 1 aromatic carbocycles. The molecule has 0 bridgehead atoms. The van der Waals surface area contributed by atoms with Crippen molar-refractivity contribution in [1.29, 1.82) is 0 Å². The lowest BCUT2D eigenvalue weighted by Crippen LogP contribution is -2.11. The van der Waals surface area contributed by atoms with Crippen molar-refractivity contribution < 1.29 is 28.2 Å². The summed E-state index contributed by atoms with van der Waals surface area (Å²) in [5, 5.41) is 8.23. The molecule has 6 heteroatoms. The number of carbonyl (C=O) groups is 2.